The van der Waals surface area contributed by atoms with Gasteiger partial charge in [-0.25, -0.2) is 15.8 Å². The van der Waals surface area contributed by atoms with Gasteiger partial charge < -0.3 is 20.2 Å². The van der Waals surface area contributed by atoms with Gasteiger partial charge in [-0.05, 0) is 12.8 Å². The van der Waals surface area contributed by atoms with Gasteiger partial charge in [0.2, 0.25) is 0 Å². The summed E-state index contributed by atoms with van der Waals surface area (Å²) >= 11 is 0. The molecule has 1 saturated heterocycles. The van der Waals surface area contributed by atoms with E-state index in [2.05, 4.69) is 20.3 Å². The monoisotopic (exact) mass is 265 g/mol. The lowest BCUT2D eigenvalue weighted by atomic mass is 10.2. The highest BCUT2D eigenvalue weighted by Crippen LogP contribution is 2.39. The van der Waals surface area contributed by atoms with E-state index < -0.39 is 0 Å². The van der Waals surface area contributed by atoms with E-state index in [1.165, 1.54) is 0 Å². The molecule has 19 heavy (non-hydrogen) atoms. The van der Waals surface area contributed by atoms with E-state index >= 15 is 0 Å². The predicted octanol–water partition coefficient (Wildman–Crippen LogP) is -0.163. The molecule has 0 aromatic carbocycles. The first-order chi connectivity index (χ1) is 9.30. The zero-order valence-electron chi connectivity index (χ0n) is 10.7. The number of hydrogen-bond acceptors (Lipinski definition) is 7. The number of hydrazine groups is 1. The lowest BCUT2D eigenvalue weighted by molar-refractivity contribution is 0.00335. The second kappa shape index (κ2) is 5.28. The number of aliphatic hydroxyl groups excluding tert-OH is 1. The minimum atomic E-state index is -0.151. The Morgan fingerprint density at radius 2 is 2.32 bits per heavy atom. The first-order valence-corrected chi connectivity index (χ1v) is 6.63. The van der Waals surface area contributed by atoms with Crippen LogP contribution in [0.15, 0.2) is 6.07 Å². The second-order valence-electron chi connectivity index (χ2n) is 5.01. The summed E-state index contributed by atoms with van der Waals surface area (Å²) in [6, 6.07) is 1.84. The van der Waals surface area contributed by atoms with Gasteiger partial charge in [-0.1, -0.05) is 0 Å². The van der Waals surface area contributed by atoms with Gasteiger partial charge in [-0.2, -0.15) is 0 Å². The SMILES string of the molecule is NNc1cc(N2CCOC(CO)C2)nc(C2CC2)n1. The number of hydrogen-bond donors (Lipinski definition) is 3. The van der Waals surface area contributed by atoms with Crippen LogP contribution in [0.4, 0.5) is 11.6 Å². The number of anilines is 2. The molecule has 2 aliphatic rings. The number of nitrogens with zero attached hydrogens (tertiary/aromatic N) is 3. The predicted molar refractivity (Wildman–Crippen MR) is 70.9 cm³/mol. The number of nitrogens with two attached hydrogens (primary N) is 1. The van der Waals surface area contributed by atoms with Crippen molar-refractivity contribution >= 4 is 11.6 Å². The third-order valence-corrected chi connectivity index (χ3v) is 3.49. The highest BCUT2D eigenvalue weighted by atomic mass is 16.5. The van der Waals surface area contributed by atoms with Crippen molar-refractivity contribution in [3.05, 3.63) is 11.9 Å². The summed E-state index contributed by atoms with van der Waals surface area (Å²) in [6.07, 6.45) is 2.15. The van der Waals surface area contributed by atoms with Gasteiger partial charge >= 0.3 is 0 Å². The maximum Gasteiger partial charge on any atom is 0.145 e. The fourth-order valence-corrected chi connectivity index (χ4v) is 2.25. The third-order valence-electron chi connectivity index (χ3n) is 3.49. The summed E-state index contributed by atoms with van der Waals surface area (Å²) in [4.78, 5) is 11.1. The first-order valence-electron chi connectivity index (χ1n) is 6.63. The summed E-state index contributed by atoms with van der Waals surface area (Å²) in [7, 11) is 0. The van der Waals surface area contributed by atoms with Crippen molar-refractivity contribution in [2.45, 2.75) is 24.9 Å². The van der Waals surface area contributed by atoms with Crippen LogP contribution in [0, 0.1) is 0 Å². The smallest absolute Gasteiger partial charge is 0.145 e. The van der Waals surface area contributed by atoms with Crippen LogP contribution in [0.25, 0.3) is 0 Å². The Morgan fingerprint density at radius 3 is 3.00 bits per heavy atom. The highest BCUT2D eigenvalue weighted by Gasteiger charge is 2.29. The molecule has 0 radical (unpaired) electrons. The normalized spacial score (nSPS) is 23.5. The number of ether oxygens (including phenoxy) is 1. The summed E-state index contributed by atoms with van der Waals surface area (Å²) < 4.78 is 5.45. The van der Waals surface area contributed by atoms with Crippen LogP contribution in [0.1, 0.15) is 24.6 Å². The van der Waals surface area contributed by atoms with E-state index in [0.29, 0.717) is 24.9 Å². The van der Waals surface area contributed by atoms with Crippen LogP contribution in [0.5, 0.6) is 0 Å². The number of aromatic nitrogens is 2. The Kier molecular flexibility index (Phi) is 3.50. The van der Waals surface area contributed by atoms with Gasteiger partial charge in [0, 0.05) is 25.1 Å². The molecule has 0 bridgehead atoms. The van der Waals surface area contributed by atoms with Crippen LogP contribution >= 0.6 is 0 Å². The summed E-state index contributed by atoms with van der Waals surface area (Å²) in [6.45, 7) is 2.03. The van der Waals surface area contributed by atoms with Crippen LogP contribution in [-0.4, -0.2) is 47.5 Å². The number of aliphatic hydroxyl groups is 1. The minimum absolute atomic E-state index is 0.0268. The van der Waals surface area contributed by atoms with Gasteiger partial charge in [0.05, 0.1) is 19.3 Å². The molecule has 1 aliphatic heterocycles. The second-order valence-corrected chi connectivity index (χ2v) is 5.01. The van der Waals surface area contributed by atoms with Crippen molar-refractivity contribution in [3.8, 4) is 0 Å². The summed E-state index contributed by atoms with van der Waals surface area (Å²) in [5.41, 5.74) is 2.60. The molecule has 0 spiro atoms. The van der Waals surface area contributed by atoms with E-state index in [4.69, 9.17) is 10.6 Å². The molecule has 3 rings (SSSR count). The Hall–Kier alpha value is -1.44. The molecule has 1 unspecified atom stereocenters. The third kappa shape index (κ3) is 2.78. The van der Waals surface area contributed by atoms with Gasteiger partial charge in [0.25, 0.3) is 0 Å². The molecule has 1 atom stereocenters. The maximum absolute atomic E-state index is 9.19. The van der Waals surface area contributed by atoms with Crippen molar-refractivity contribution < 1.29 is 9.84 Å². The van der Waals surface area contributed by atoms with Gasteiger partial charge in [0.15, 0.2) is 0 Å². The largest absolute Gasteiger partial charge is 0.394 e. The van der Waals surface area contributed by atoms with Crippen molar-refractivity contribution in [2.24, 2.45) is 5.84 Å². The van der Waals surface area contributed by atoms with Crippen molar-refractivity contribution in [3.63, 3.8) is 0 Å². The van der Waals surface area contributed by atoms with Crippen LogP contribution in [-0.2, 0) is 4.74 Å². The molecule has 1 aromatic rings. The molecule has 104 valence electrons. The fourth-order valence-electron chi connectivity index (χ4n) is 2.25. The highest BCUT2D eigenvalue weighted by molar-refractivity contribution is 5.49. The lowest BCUT2D eigenvalue weighted by Crippen LogP contribution is -2.44. The Labute approximate surface area is 111 Å². The van der Waals surface area contributed by atoms with Gasteiger partial charge in [0.1, 0.15) is 17.5 Å². The van der Waals surface area contributed by atoms with E-state index in [-0.39, 0.29) is 12.7 Å². The molecular formula is C12H19N5O2. The molecule has 2 fully saturated rings. The fraction of sp³-hybridized carbons (Fsp3) is 0.667. The Bertz CT molecular complexity index is 452. The topological polar surface area (TPSA) is 96.5 Å². The summed E-state index contributed by atoms with van der Waals surface area (Å²) in [5, 5.41) is 9.19. The van der Waals surface area contributed by atoms with E-state index in [1.54, 1.807) is 0 Å². The number of nitrogen functional groups attached to an aromatic ring is 1. The quantitative estimate of drug-likeness (QED) is 0.514. The molecule has 1 aliphatic carbocycles. The molecule has 7 nitrogen and oxygen atoms in total. The van der Waals surface area contributed by atoms with Crippen molar-refractivity contribution in [1.82, 2.24) is 9.97 Å². The van der Waals surface area contributed by atoms with Gasteiger partial charge in [-0.15, -0.1) is 0 Å². The number of nitrogens with one attached hydrogen (secondary N) is 1. The average molecular weight is 265 g/mol. The molecule has 2 heterocycles. The Morgan fingerprint density at radius 1 is 1.47 bits per heavy atom. The molecule has 0 amide bonds. The molecule has 4 N–H and O–H groups in total. The van der Waals surface area contributed by atoms with Crippen LogP contribution < -0.4 is 16.2 Å². The average Bonchev–Trinajstić information content (AvgIpc) is 3.31. The Balaban J connectivity index is 1.84. The molecular weight excluding hydrogens is 246 g/mol. The molecule has 1 aromatic heterocycles. The van der Waals surface area contributed by atoms with E-state index in [1.807, 2.05) is 6.07 Å². The van der Waals surface area contributed by atoms with Crippen LogP contribution in [0.2, 0.25) is 0 Å². The van der Waals surface area contributed by atoms with E-state index in [9.17, 15) is 5.11 Å². The van der Waals surface area contributed by atoms with Crippen molar-refractivity contribution in [2.75, 3.05) is 36.6 Å². The molecule has 1 saturated carbocycles. The van der Waals surface area contributed by atoms with Crippen LogP contribution in [0.3, 0.4) is 0 Å². The van der Waals surface area contributed by atoms with Gasteiger partial charge in [-0.3, -0.25) is 0 Å². The zero-order valence-corrected chi connectivity index (χ0v) is 10.7. The maximum atomic E-state index is 9.19. The number of morpholine rings is 1. The summed E-state index contributed by atoms with van der Waals surface area (Å²) in [5.74, 6) is 8.29. The van der Waals surface area contributed by atoms with E-state index in [0.717, 1.165) is 31.0 Å². The lowest BCUT2D eigenvalue weighted by Gasteiger charge is -2.33. The van der Waals surface area contributed by atoms with Crippen molar-refractivity contribution in [1.29, 1.82) is 0 Å². The number of rotatable bonds is 4. The zero-order chi connectivity index (χ0) is 13.2. The molecule has 7 heteroatoms. The minimum Gasteiger partial charge on any atom is -0.394 e. The standard InChI is InChI=1S/C12H19N5O2/c13-16-10-5-11(15-12(14-10)8-1-2-8)17-3-4-19-9(6-17)7-18/h5,8-9,18H,1-4,6-7,13H2,(H,14,15,16). The first kappa shape index (κ1) is 12.6.